The Morgan fingerprint density at radius 3 is 2.66 bits per heavy atom. The van der Waals surface area contributed by atoms with E-state index in [2.05, 4.69) is 28.6 Å². The third kappa shape index (κ3) is 6.24. The van der Waals surface area contributed by atoms with Crippen LogP contribution in [0, 0.1) is 5.92 Å². The fourth-order valence-corrected chi connectivity index (χ4v) is 3.85. The first-order valence-corrected chi connectivity index (χ1v) is 10.6. The van der Waals surface area contributed by atoms with Gasteiger partial charge in [-0.15, -0.1) is 0 Å². The zero-order valence-corrected chi connectivity index (χ0v) is 17.8. The minimum absolute atomic E-state index is 0.239. The highest BCUT2D eigenvalue weighted by atomic mass is 16.6. The number of para-hydroxylation sites is 1. The molecule has 3 rings (SSSR count). The minimum Gasteiger partial charge on any atom is -0.444 e. The summed E-state index contributed by atoms with van der Waals surface area (Å²) >= 11 is 0. The SMILES string of the molecule is CC(C)(C)OC(=O)NCC1CCN(C(=O)CCCc2c[nH]c3ccccc23)CC1. The Balaban J connectivity index is 1.35. The van der Waals surface area contributed by atoms with Gasteiger partial charge in [-0.3, -0.25) is 4.79 Å². The molecule has 2 amide bonds. The molecule has 158 valence electrons. The van der Waals surface area contributed by atoms with E-state index in [9.17, 15) is 9.59 Å². The van der Waals surface area contributed by atoms with Gasteiger partial charge in [0.1, 0.15) is 5.60 Å². The Labute approximate surface area is 173 Å². The zero-order chi connectivity index (χ0) is 20.9. The number of rotatable bonds is 6. The molecular weight excluding hydrogens is 366 g/mol. The summed E-state index contributed by atoms with van der Waals surface area (Å²) in [6.07, 6.45) is 5.88. The average Bonchev–Trinajstić information content (AvgIpc) is 3.09. The van der Waals surface area contributed by atoms with Gasteiger partial charge in [0.25, 0.3) is 0 Å². The number of likely N-dealkylation sites (tertiary alicyclic amines) is 1. The second-order valence-electron chi connectivity index (χ2n) is 8.92. The summed E-state index contributed by atoms with van der Waals surface area (Å²) in [7, 11) is 0. The molecule has 0 unspecified atom stereocenters. The van der Waals surface area contributed by atoms with Gasteiger partial charge in [-0.25, -0.2) is 4.79 Å². The third-order valence-electron chi connectivity index (χ3n) is 5.41. The fourth-order valence-electron chi connectivity index (χ4n) is 3.85. The first-order valence-electron chi connectivity index (χ1n) is 10.6. The summed E-state index contributed by atoms with van der Waals surface area (Å²) in [6, 6.07) is 8.27. The van der Waals surface area contributed by atoms with Crippen LogP contribution in [0.15, 0.2) is 30.5 Å². The van der Waals surface area contributed by atoms with E-state index < -0.39 is 5.60 Å². The highest BCUT2D eigenvalue weighted by Crippen LogP contribution is 2.21. The van der Waals surface area contributed by atoms with Crippen LogP contribution in [0.1, 0.15) is 52.0 Å². The number of fused-ring (bicyclic) bond motifs is 1. The second kappa shape index (κ2) is 9.33. The van der Waals surface area contributed by atoms with E-state index in [1.807, 2.05) is 37.8 Å². The van der Waals surface area contributed by atoms with Crippen LogP contribution in [0.3, 0.4) is 0 Å². The van der Waals surface area contributed by atoms with Gasteiger partial charge < -0.3 is 19.9 Å². The number of amides is 2. The number of carbonyl (C=O) groups is 2. The lowest BCUT2D eigenvalue weighted by atomic mass is 9.96. The molecule has 1 aliphatic rings. The molecular formula is C23H33N3O3. The second-order valence-corrected chi connectivity index (χ2v) is 8.92. The van der Waals surface area contributed by atoms with Gasteiger partial charge >= 0.3 is 6.09 Å². The van der Waals surface area contributed by atoms with Crippen LogP contribution in [-0.4, -0.2) is 47.1 Å². The highest BCUT2D eigenvalue weighted by Gasteiger charge is 2.24. The van der Waals surface area contributed by atoms with Crippen LogP contribution in [-0.2, 0) is 16.0 Å². The molecule has 29 heavy (non-hydrogen) atoms. The van der Waals surface area contributed by atoms with Crippen molar-refractivity contribution in [1.82, 2.24) is 15.2 Å². The molecule has 6 nitrogen and oxygen atoms in total. The summed E-state index contributed by atoms with van der Waals surface area (Å²) in [5.74, 6) is 0.640. The number of piperidine rings is 1. The molecule has 1 aromatic heterocycles. The van der Waals surface area contributed by atoms with Gasteiger partial charge in [-0.2, -0.15) is 0 Å². The quantitative estimate of drug-likeness (QED) is 0.762. The van der Waals surface area contributed by atoms with E-state index in [0.29, 0.717) is 18.9 Å². The summed E-state index contributed by atoms with van der Waals surface area (Å²) in [5, 5.41) is 4.10. The number of nitrogens with one attached hydrogen (secondary N) is 2. The molecule has 6 heteroatoms. The van der Waals surface area contributed by atoms with E-state index in [4.69, 9.17) is 4.74 Å². The molecule has 0 radical (unpaired) electrons. The predicted octanol–water partition coefficient (Wildman–Crippen LogP) is 4.25. The van der Waals surface area contributed by atoms with E-state index >= 15 is 0 Å². The number of nitrogens with zero attached hydrogens (tertiary/aromatic N) is 1. The van der Waals surface area contributed by atoms with Gasteiger partial charge in [0.2, 0.25) is 5.91 Å². The standard InChI is InChI=1S/C23H33N3O3/c1-23(2,3)29-22(28)25-15-17-11-13-26(14-12-17)21(27)10-6-7-18-16-24-20-9-5-4-8-19(18)20/h4-5,8-9,16-17,24H,6-7,10-15H2,1-3H3,(H,25,28). The summed E-state index contributed by atoms with van der Waals surface area (Å²) < 4.78 is 5.27. The lowest BCUT2D eigenvalue weighted by Crippen LogP contribution is -2.42. The number of benzene rings is 1. The van der Waals surface area contributed by atoms with Gasteiger partial charge in [0.15, 0.2) is 0 Å². The van der Waals surface area contributed by atoms with Crippen molar-refractivity contribution >= 4 is 22.9 Å². The first kappa shape index (κ1) is 21.2. The van der Waals surface area contributed by atoms with E-state index in [-0.39, 0.29) is 12.0 Å². The summed E-state index contributed by atoms with van der Waals surface area (Å²) in [4.78, 5) is 29.6. The summed E-state index contributed by atoms with van der Waals surface area (Å²) in [6.45, 7) is 7.72. The molecule has 0 saturated carbocycles. The Morgan fingerprint density at radius 2 is 1.93 bits per heavy atom. The number of H-pyrrole nitrogens is 1. The zero-order valence-electron chi connectivity index (χ0n) is 17.8. The van der Waals surface area contributed by atoms with Crippen molar-refractivity contribution in [2.75, 3.05) is 19.6 Å². The predicted molar refractivity (Wildman–Crippen MR) is 115 cm³/mol. The smallest absolute Gasteiger partial charge is 0.407 e. The molecule has 2 aromatic rings. The lowest BCUT2D eigenvalue weighted by Gasteiger charge is -2.32. The van der Waals surface area contributed by atoms with E-state index in [0.717, 1.165) is 44.3 Å². The van der Waals surface area contributed by atoms with Gasteiger partial charge in [-0.1, -0.05) is 18.2 Å². The highest BCUT2D eigenvalue weighted by molar-refractivity contribution is 5.83. The van der Waals surface area contributed by atoms with Crippen molar-refractivity contribution in [2.45, 2.75) is 58.5 Å². The molecule has 1 fully saturated rings. The molecule has 2 heterocycles. The average molecular weight is 400 g/mol. The third-order valence-corrected chi connectivity index (χ3v) is 5.41. The number of aromatic nitrogens is 1. The van der Waals surface area contributed by atoms with Crippen molar-refractivity contribution in [2.24, 2.45) is 5.92 Å². The Hall–Kier alpha value is -2.50. The minimum atomic E-state index is -0.480. The molecule has 2 N–H and O–H groups in total. The molecule has 1 saturated heterocycles. The van der Waals surface area contributed by atoms with Crippen molar-refractivity contribution < 1.29 is 14.3 Å². The maximum atomic E-state index is 12.5. The number of carbonyl (C=O) groups excluding carboxylic acids is 2. The molecule has 0 spiro atoms. The van der Waals surface area contributed by atoms with E-state index in [1.165, 1.54) is 10.9 Å². The van der Waals surface area contributed by atoms with Gasteiger partial charge in [-0.05, 0) is 64.0 Å². The van der Waals surface area contributed by atoms with Crippen LogP contribution in [0.5, 0.6) is 0 Å². The molecule has 0 atom stereocenters. The van der Waals surface area contributed by atoms with Crippen molar-refractivity contribution in [3.05, 3.63) is 36.0 Å². The van der Waals surface area contributed by atoms with Crippen molar-refractivity contribution in [3.8, 4) is 0 Å². The van der Waals surface area contributed by atoms with Crippen LogP contribution < -0.4 is 5.32 Å². The Kier molecular flexibility index (Phi) is 6.83. The maximum Gasteiger partial charge on any atom is 0.407 e. The van der Waals surface area contributed by atoms with Crippen LogP contribution >= 0.6 is 0 Å². The van der Waals surface area contributed by atoms with E-state index in [1.54, 1.807) is 0 Å². The van der Waals surface area contributed by atoms with Crippen molar-refractivity contribution in [1.29, 1.82) is 0 Å². The molecule has 1 aliphatic heterocycles. The van der Waals surface area contributed by atoms with Crippen LogP contribution in [0.2, 0.25) is 0 Å². The number of alkyl carbamates (subject to hydrolysis) is 1. The first-order chi connectivity index (χ1) is 13.8. The normalized spacial score (nSPS) is 15.5. The number of aromatic amines is 1. The summed E-state index contributed by atoms with van der Waals surface area (Å²) in [5.41, 5.74) is 1.95. The van der Waals surface area contributed by atoms with Crippen molar-refractivity contribution in [3.63, 3.8) is 0 Å². The Morgan fingerprint density at radius 1 is 1.21 bits per heavy atom. The van der Waals surface area contributed by atoms with Crippen LogP contribution in [0.4, 0.5) is 4.79 Å². The monoisotopic (exact) mass is 399 g/mol. The largest absolute Gasteiger partial charge is 0.444 e. The fraction of sp³-hybridized carbons (Fsp3) is 0.565. The number of aryl methyl sites for hydroxylation is 1. The molecule has 0 aliphatic carbocycles. The Bertz CT molecular complexity index is 829. The topological polar surface area (TPSA) is 74.4 Å². The number of hydrogen-bond donors (Lipinski definition) is 2. The lowest BCUT2D eigenvalue weighted by molar-refractivity contribution is -0.132. The number of ether oxygens (including phenoxy) is 1. The van der Waals surface area contributed by atoms with Gasteiger partial charge in [0, 0.05) is 43.2 Å². The molecule has 0 bridgehead atoms. The van der Waals surface area contributed by atoms with Gasteiger partial charge in [0.05, 0.1) is 0 Å². The molecule has 1 aromatic carbocycles. The maximum absolute atomic E-state index is 12.5. The number of hydrogen-bond acceptors (Lipinski definition) is 3. The van der Waals surface area contributed by atoms with Crippen LogP contribution in [0.25, 0.3) is 10.9 Å².